The van der Waals surface area contributed by atoms with Gasteiger partial charge in [0.15, 0.2) is 0 Å². The van der Waals surface area contributed by atoms with Gasteiger partial charge in [-0.25, -0.2) is 4.79 Å². The number of carbonyl (C=O) groups excluding carboxylic acids is 1. The maximum atomic E-state index is 11.3. The zero-order chi connectivity index (χ0) is 12.3. The normalized spacial score (nSPS) is 12.1. The first-order chi connectivity index (χ1) is 8.22. The van der Waals surface area contributed by atoms with Crippen LogP contribution in [0.15, 0.2) is 31.0 Å². The predicted octanol–water partition coefficient (Wildman–Crippen LogP) is 1.07. The molecule has 6 nitrogen and oxygen atoms in total. The highest BCUT2D eigenvalue weighted by molar-refractivity contribution is 5.73. The minimum absolute atomic E-state index is 0.334. The molecule has 88 valence electrons. The van der Waals surface area contributed by atoms with Crippen LogP contribution in [0.4, 0.5) is 0 Å². The molecule has 1 atom stereocenters. The van der Waals surface area contributed by atoms with E-state index in [4.69, 9.17) is 0 Å². The molecule has 0 bridgehead atoms. The number of methoxy groups -OCH3 is 1. The van der Waals surface area contributed by atoms with Gasteiger partial charge in [-0.2, -0.15) is 5.10 Å². The maximum Gasteiger partial charge on any atom is 0.330 e. The Balaban J connectivity index is 2.25. The molecule has 6 heteroatoms. The van der Waals surface area contributed by atoms with E-state index in [2.05, 4.69) is 19.8 Å². The van der Waals surface area contributed by atoms with E-state index in [1.54, 1.807) is 37.9 Å². The Kier molecular flexibility index (Phi) is 3.13. The summed E-state index contributed by atoms with van der Waals surface area (Å²) >= 11 is 0. The fourth-order valence-corrected chi connectivity index (χ4v) is 1.41. The van der Waals surface area contributed by atoms with Crippen LogP contribution < -0.4 is 0 Å². The molecule has 0 aliphatic heterocycles. The van der Waals surface area contributed by atoms with Gasteiger partial charge in [0.1, 0.15) is 6.04 Å². The molecule has 0 N–H and O–H groups in total. The summed E-state index contributed by atoms with van der Waals surface area (Å²) in [7, 11) is 1.35. The molecule has 0 fully saturated rings. The highest BCUT2D eigenvalue weighted by Crippen LogP contribution is 2.16. The third-order valence-corrected chi connectivity index (χ3v) is 2.40. The van der Waals surface area contributed by atoms with E-state index in [1.807, 2.05) is 0 Å². The SMILES string of the molecule is COC(=O)[C@@H](C)n1cc(-c2cnccn2)cn1. The molecule has 2 aromatic rings. The minimum atomic E-state index is -0.453. The Morgan fingerprint density at radius 2 is 2.24 bits per heavy atom. The molecular formula is C11H12N4O2. The largest absolute Gasteiger partial charge is 0.467 e. The summed E-state index contributed by atoms with van der Waals surface area (Å²) in [5.74, 6) is -0.334. The van der Waals surface area contributed by atoms with Crippen LogP contribution in [0, 0.1) is 0 Å². The molecule has 0 spiro atoms. The Morgan fingerprint density at radius 1 is 1.41 bits per heavy atom. The maximum absolute atomic E-state index is 11.3. The summed E-state index contributed by atoms with van der Waals surface area (Å²) in [6.45, 7) is 1.72. The summed E-state index contributed by atoms with van der Waals surface area (Å²) in [6, 6.07) is -0.453. The number of aromatic nitrogens is 4. The molecule has 0 radical (unpaired) electrons. The van der Waals surface area contributed by atoms with Gasteiger partial charge in [0.25, 0.3) is 0 Å². The van der Waals surface area contributed by atoms with Gasteiger partial charge in [-0.15, -0.1) is 0 Å². The van der Waals surface area contributed by atoms with Crippen molar-refractivity contribution in [2.75, 3.05) is 7.11 Å². The second-order valence-electron chi connectivity index (χ2n) is 3.50. The van der Waals surface area contributed by atoms with Crippen LogP contribution in [0.3, 0.4) is 0 Å². The van der Waals surface area contributed by atoms with Crippen molar-refractivity contribution in [3.63, 3.8) is 0 Å². The summed E-state index contributed by atoms with van der Waals surface area (Å²) in [5.41, 5.74) is 1.53. The molecule has 2 rings (SSSR count). The topological polar surface area (TPSA) is 69.9 Å². The summed E-state index contributed by atoms with van der Waals surface area (Å²) in [4.78, 5) is 19.5. The fraction of sp³-hybridized carbons (Fsp3) is 0.273. The number of esters is 1. The Hall–Kier alpha value is -2.24. The van der Waals surface area contributed by atoms with Crippen molar-refractivity contribution in [2.24, 2.45) is 0 Å². The van der Waals surface area contributed by atoms with E-state index < -0.39 is 6.04 Å². The molecule has 0 saturated carbocycles. The highest BCUT2D eigenvalue weighted by Gasteiger charge is 2.16. The number of nitrogens with zero attached hydrogens (tertiary/aromatic N) is 4. The van der Waals surface area contributed by atoms with Gasteiger partial charge in [-0.3, -0.25) is 14.6 Å². The van der Waals surface area contributed by atoms with E-state index in [-0.39, 0.29) is 5.97 Å². The van der Waals surface area contributed by atoms with Gasteiger partial charge < -0.3 is 4.74 Å². The van der Waals surface area contributed by atoms with Crippen molar-refractivity contribution in [3.05, 3.63) is 31.0 Å². The van der Waals surface area contributed by atoms with E-state index in [9.17, 15) is 4.79 Å². The van der Waals surface area contributed by atoms with Gasteiger partial charge >= 0.3 is 5.97 Å². The van der Waals surface area contributed by atoms with Gasteiger partial charge in [-0.1, -0.05) is 0 Å². The summed E-state index contributed by atoms with van der Waals surface area (Å²) < 4.78 is 6.19. The second-order valence-corrected chi connectivity index (χ2v) is 3.50. The van der Waals surface area contributed by atoms with E-state index >= 15 is 0 Å². The van der Waals surface area contributed by atoms with E-state index in [1.165, 1.54) is 11.8 Å². The minimum Gasteiger partial charge on any atom is -0.467 e. The Morgan fingerprint density at radius 3 is 2.88 bits per heavy atom. The number of rotatable bonds is 3. The number of hydrogen-bond donors (Lipinski definition) is 0. The monoisotopic (exact) mass is 232 g/mol. The molecule has 0 aromatic carbocycles. The standard InChI is InChI=1S/C11H12N4O2/c1-8(11(16)17-2)15-7-9(5-14-15)10-6-12-3-4-13-10/h3-8H,1-2H3/t8-/m1/s1. The zero-order valence-electron chi connectivity index (χ0n) is 9.57. The number of ether oxygens (including phenoxy) is 1. The van der Waals surface area contributed by atoms with Crippen molar-refractivity contribution < 1.29 is 9.53 Å². The molecule has 2 heterocycles. The smallest absolute Gasteiger partial charge is 0.330 e. The second kappa shape index (κ2) is 4.73. The van der Waals surface area contributed by atoms with Crippen molar-refractivity contribution in [2.45, 2.75) is 13.0 Å². The van der Waals surface area contributed by atoms with Gasteiger partial charge in [-0.05, 0) is 6.92 Å². The molecule has 0 unspecified atom stereocenters. The third kappa shape index (κ3) is 2.30. The molecule has 0 aliphatic carbocycles. The third-order valence-electron chi connectivity index (χ3n) is 2.40. The first-order valence-electron chi connectivity index (χ1n) is 5.10. The number of carbonyl (C=O) groups is 1. The Bertz CT molecular complexity index is 509. The van der Waals surface area contributed by atoms with Crippen molar-refractivity contribution >= 4 is 5.97 Å². The lowest BCUT2D eigenvalue weighted by molar-refractivity contribution is -0.144. The Labute approximate surface area is 98.3 Å². The molecular weight excluding hydrogens is 220 g/mol. The van der Waals surface area contributed by atoms with E-state index in [0.29, 0.717) is 0 Å². The molecule has 17 heavy (non-hydrogen) atoms. The zero-order valence-corrected chi connectivity index (χ0v) is 9.57. The lowest BCUT2D eigenvalue weighted by atomic mass is 10.3. The van der Waals surface area contributed by atoms with Gasteiger partial charge in [0.05, 0.1) is 25.2 Å². The predicted molar refractivity (Wildman–Crippen MR) is 60.0 cm³/mol. The van der Waals surface area contributed by atoms with Crippen LogP contribution in [0.5, 0.6) is 0 Å². The van der Waals surface area contributed by atoms with Crippen LogP contribution in [-0.4, -0.2) is 32.8 Å². The lowest BCUT2D eigenvalue weighted by Gasteiger charge is -2.08. The highest BCUT2D eigenvalue weighted by atomic mass is 16.5. The van der Waals surface area contributed by atoms with Crippen LogP contribution in [0.2, 0.25) is 0 Å². The van der Waals surface area contributed by atoms with Crippen LogP contribution in [-0.2, 0) is 9.53 Å². The summed E-state index contributed by atoms with van der Waals surface area (Å²) in [5, 5.41) is 4.11. The van der Waals surface area contributed by atoms with Crippen LogP contribution >= 0.6 is 0 Å². The molecule has 0 amide bonds. The van der Waals surface area contributed by atoms with E-state index in [0.717, 1.165) is 11.3 Å². The first kappa shape index (κ1) is 11.3. The lowest BCUT2D eigenvalue weighted by Crippen LogP contribution is -2.17. The summed E-state index contributed by atoms with van der Waals surface area (Å²) in [6.07, 6.45) is 8.24. The van der Waals surface area contributed by atoms with Crippen LogP contribution in [0.25, 0.3) is 11.3 Å². The van der Waals surface area contributed by atoms with Crippen molar-refractivity contribution in [1.29, 1.82) is 0 Å². The quantitative estimate of drug-likeness (QED) is 0.740. The average molecular weight is 232 g/mol. The van der Waals surface area contributed by atoms with Crippen LogP contribution in [0.1, 0.15) is 13.0 Å². The molecule has 2 aromatic heterocycles. The number of hydrogen-bond acceptors (Lipinski definition) is 5. The average Bonchev–Trinajstić information content (AvgIpc) is 2.87. The molecule has 0 aliphatic rings. The van der Waals surface area contributed by atoms with Gasteiger partial charge in [0.2, 0.25) is 0 Å². The first-order valence-corrected chi connectivity index (χ1v) is 5.10. The van der Waals surface area contributed by atoms with Crippen molar-refractivity contribution in [3.8, 4) is 11.3 Å². The fourth-order valence-electron chi connectivity index (χ4n) is 1.41. The van der Waals surface area contributed by atoms with Gasteiger partial charge in [0, 0.05) is 24.2 Å². The van der Waals surface area contributed by atoms with Crippen molar-refractivity contribution in [1.82, 2.24) is 19.7 Å². The molecule has 0 saturated heterocycles.